The monoisotopic (exact) mass is 164 g/mol. The Kier molecular flexibility index (Phi) is 2.69. The molecule has 2 heteroatoms. The van der Waals surface area contributed by atoms with Crippen LogP contribution in [0.1, 0.15) is 23.7 Å². The Balaban J connectivity index is 3.04. The van der Waals surface area contributed by atoms with Gasteiger partial charge < -0.3 is 5.32 Å². The molecule has 0 amide bonds. The molecule has 1 aromatic heterocycles. The molecule has 0 aliphatic rings. The summed E-state index contributed by atoms with van der Waals surface area (Å²) < 4.78 is 0. The zero-order valence-electron chi connectivity index (χ0n) is 8.23. The van der Waals surface area contributed by atoms with E-state index in [9.17, 15) is 0 Å². The van der Waals surface area contributed by atoms with Crippen LogP contribution < -0.4 is 5.32 Å². The molecule has 12 heavy (non-hydrogen) atoms. The summed E-state index contributed by atoms with van der Waals surface area (Å²) in [4.78, 5) is 4.41. The maximum atomic E-state index is 4.41. The molecule has 0 radical (unpaired) electrons. The fraction of sp³-hybridized carbons (Fsp3) is 0.500. The van der Waals surface area contributed by atoms with Gasteiger partial charge in [0, 0.05) is 12.2 Å². The predicted octanol–water partition coefficient (Wildman–Crippen LogP) is 2.44. The summed E-state index contributed by atoms with van der Waals surface area (Å²) >= 11 is 0. The van der Waals surface area contributed by atoms with Gasteiger partial charge in [0.15, 0.2) is 0 Å². The summed E-state index contributed by atoms with van der Waals surface area (Å²) in [7, 11) is 0. The minimum Gasteiger partial charge on any atom is -0.370 e. The lowest BCUT2D eigenvalue weighted by atomic mass is 10.1. The molecule has 1 N–H and O–H groups in total. The highest BCUT2D eigenvalue weighted by Crippen LogP contribution is 2.14. The molecule has 0 saturated heterocycles. The maximum absolute atomic E-state index is 4.41. The summed E-state index contributed by atoms with van der Waals surface area (Å²) in [5, 5.41) is 3.21. The van der Waals surface area contributed by atoms with Crippen LogP contribution in [-0.4, -0.2) is 11.5 Å². The topological polar surface area (TPSA) is 24.9 Å². The Bertz CT molecular complexity index is 256. The van der Waals surface area contributed by atoms with Gasteiger partial charge in [0.25, 0.3) is 0 Å². The Morgan fingerprint density at radius 2 is 2.00 bits per heavy atom. The highest BCUT2D eigenvalue weighted by molar-refractivity contribution is 5.42. The average Bonchev–Trinajstić information content (AvgIpc) is 2.01. The third kappa shape index (κ3) is 1.76. The number of nitrogens with zero attached hydrogens (tertiary/aromatic N) is 1. The van der Waals surface area contributed by atoms with Gasteiger partial charge in [-0.1, -0.05) is 0 Å². The van der Waals surface area contributed by atoms with E-state index < -0.39 is 0 Å². The van der Waals surface area contributed by atoms with E-state index >= 15 is 0 Å². The summed E-state index contributed by atoms with van der Waals surface area (Å²) in [6.07, 6.45) is 0. The fourth-order valence-corrected chi connectivity index (χ4v) is 1.17. The summed E-state index contributed by atoms with van der Waals surface area (Å²) in [5.74, 6) is 0.984. The number of aromatic nitrogens is 1. The van der Waals surface area contributed by atoms with Gasteiger partial charge in [0.05, 0.1) is 0 Å². The van der Waals surface area contributed by atoms with Crippen LogP contribution in [0.2, 0.25) is 0 Å². The molecule has 0 unspecified atom stereocenters. The molecule has 0 spiro atoms. The second-order valence-corrected chi connectivity index (χ2v) is 3.07. The fourth-order valence-electron chi connectivity index (χ4n) is 1.17. The number of pyridine rings is 1. The van der Waals surface area contributed by atoms with Crippen molar-refractivity contribution in [3.63, 3.8) is 0 Å². The molecule has 1 aromatic rings. The van der Waals surface area contributed by atoms with Crippen LogP contribution in [0.25, 0.3) is 0 Å². The molecule has 0 aromatic carbocycles. The highest BCUT2D eigenvalue weighted by Gasteiger charge is 2.00. The maximum Gasteiger partial charge on any atom is 0.126 e. The van der Waals surface area contributed by atoms with Crippen molar-refractivity contribution in [3.05, 3.63) is 22.9 Å². The van der Waals surface area contributed by atoms with Crippen molar-refractivity contribution in [1.29, 1.82) is 0 Å². The number of nitrogens with one attached hydrogen (secondary N) is 1. The molecule has 0 bridgehead atoms. The SMILES string of the molecule is CCNc1cc(C)c(C)c(C)n1. The van der Waals surface area contributed by atoms with Crippen molar-refractivity contribution in [2.24, 2.45) is 0 Å². The van der Waals surface area contributed by atoms with Crippen molar-refractivity contribution < 1.29 is 0 Å². The first-order valence-corrected chi connectivity index (χ1v) is 4.34. The van der Waals surface area contributed by atoms with Crippen LogP contribution in [0.15, 0.2) is 6.07 Å². The number of hydrogen-bond acceptors (Lipinski definition) is 2. The van der Waals surface area contributed by atoms with Crippen molar-refractivity contribution in [2.75, 3.05) is 11.9 Å². The van der Waals surface area contributed by atoms with E-state index in [-0.39, 0.29) is 0 Å². The predicted molar refractivity (Wildman–Crippen MR) is 52.6 cm³/mol. The van der Waals surface area contributed by atoms with E-state index in [1.165, 1.54) is 11.1 Å². The van der Waals surface area contributed by atoms with Crippen LogP contribution in [0, 0.1) is 20.8 Å². The van der Waals surface area contributed by atoms with Crippen molar-refractivity contribution >= 4 is 5.82 Å². The van der Waals surface area contributed by atoms with Gasteiger partial charge in [0.2, 0.25) is 0 Å². The van der Waals surface area contributed by atoms with Crippen molar-refractivity contribution in [1.82, 2.24) is 4.98 Å². The molecular weight excluding hydrogens is 148 g/mol. The van der Waals surface area contributed by atoms with E-state index in [0.717, 1.165) is 18.1 Å². The van der Waals surface area contributed by atoms with Crippen LogP contribution in [0.4, 0.5) is 5.82 Å². The Morgan fingerprint density at radius 3 is 2.50 bits per heavy atom. The number of aryl methyl sites for hydroxylation is 2. The second-order valence-electron chi connectivity index (χ2n) is 3.07. The van der Waals surface area contributed by atoms with Gasteiger partial charge in [-0.2, -0.15) is 0 Å². The number of hydrogen-bond donors (Lipinski definition) is 1. The largest absolute Gasteiger partial charge is 0.370 e. The molecule has 1 rings (SSSR count). The van der Waals surface area contributed by atoms with Gasteiger partial charge >= 0.3 is 0 Å². The average molecular weight is 164 g/mol. The molecule has 66 valence electrons. The smallest absolute Gasteiger partial charge is 0.126 e. The zero-order valence-corrected chi connectivity index (χ0v) is 8.23. The third-order valence-corrected chi connectivity index (χ3v) is 2.13. The van der Waals surface area contributed by atoms with Gasteiger partial charge in [-0.3, -0.25) is 0 Å². The van der Waals surface area contributed by atoms with E-state index in [0.29, 0.717) is 0 Å². The van der Waals surface area contributed by atoms with Crippen LogP contribution in [-0.2, 0) is 0 Å². The molecular formula is C10H16N2. The Morgan fingerprint density at radius 1 is 1.33 bits per heavy atom. The van der Waals surface area contributed by atoms with E-state index in [1.807, 2.05) is 6.92 Å². The molecule has 1 heterocycles. The van der Waals surface area contributed by atoms with E-state index in [4.69, 9.17) is 0 Å². The number of rotatable bonds is 2. The van der Waals surface area contributed by atoms with E-state index in [1.54, 1.807) is 0 Å². The van der Waals surface area contributed by atoms with Gasteiger partial charge in [-0.15, -0.1) is 0 Å². The molecule has 0 aliphatic carbocycles. The molecule has 0 fully saturated rings. The van der Waals surface area contributed by atoms with Crippen molar-refractivity contribution in [3.8, 4) is 0 Å². The lowest BCUT2D eigenvalue weighted by Crippen LogP contribution is -2.02. The minimum absolute atomic E-state index is 0.926. The quantitative estimate of drug-likeness (QED) is 0.726. The second kappa shape index (κ2) is 3.57. The molecule has 0 saturated carbocycles. The Hall–Kier alpha value is -1.05. The first-order valence-electron chi connectivity index (χ1n) is 4.34. The van der Waals surface area contributed by atoms with Crippen LogP contribution >= 0.6 is 0 Å². The zero-order chi connectivity index (χ0) is 9.14. The Labute approximate surface area is 74.0 Å². The van der Waals surface area contributed by atoms with E-state index in [2.05, 4.69) is 37.1 Å². The summed E-state index contributed by atoms with van der Waals surface area (Å²) in [6, 6.07) is 2.09. The molecule has 0 aliphatic heterocycles. The van der Waals surface area contributed by atoms with Crippen molar-refractivity contribution in [2.45, 2.75) is 27.7 Å². The third-order valence-electron chi connectivity index (χ3n) is 2.13. The van der Waals surface area contributed by atoms with Gasteiger partial charge in [-0.05, 0) is 44.9 Å². The standard InChI is InChI=1S/C10H16N2/c1-5-11-10-6-7(2)8(3)9(4)12-10/h6H,5H2,1-4H3,(H,11,12). The van der Waals surface area contributed by atoms with Gasteiger partial charge in [0.1, 0.15) is 5.82 Å². The normalized spacial score (nSPS) is 10.0. The number of anilines is 1. The summed E-state index contributed by atoms with van der Waals surface area (Å²) in [5.41, 5.74) is 3.71. The van der Waals surface area contributed by atoms with Gasteiger partial charge in [-0.25, -0.2) is 4.98 Å². The highest BCUT2D eigenvalue weighted by atomic mass is 15.0. The lowest BCUT2D eigenvalue weighted by molar-refractivity contribution is 1.08. The first kappa shape index (κ1) is 9.04. The minimum atomic E-state index is 0.926. The lowest BCUT2D eigenvalue weighted by Gasteiger charge is -2.08. The first-order chi connectivity index (χ1) is 5.65. The van der Waals surface area contributed by atoms with Crippen LogP contribution in [0.3, 0.4) is 0 Å². The molecule has 2 nitrogen and oxygen atoms in total. The van der Waals surface area contributed by atoms with Crippen LogP contribution in [0.5, 0.6) is 0 Å². The summed E-state index contributed by atoms with van der Waals surface area (Å²) in [6.45, 7) is 9.27. The molecule has 0 atom stereocenters.